The summed E-state index contributed by atoms with van der Waals surface area (Å²) in [5.74, 6) is 1.31. The first-order valence-electron chi connectivity index (χ1n) is 5.54. The summed E-state index contributed by atoms with van der Waals surface area (Å²) in [4.78, 5) is 6.57. The van der Waals surface area contributed by atoms with Gasteiger partial charge in [0.2, 0.25) is 0 Å². The highest BCUT2D eigenvalue weighted by atomic mass is 32.2. The number of hydrogen-bond donors (Lipinski definition) is 2. The van der Waals surface area contributed by atoms with Crippen molar-refractivity contribution in [3.63, 3.8) is 0 Å². The molecular weight excluding hydrogens is 254 g/mol. The smallest absolute Gasteiger partial charge is 0.257 e. The molecule has 0 aliphatic carbocycles. The molecule has 0 aliphatic heterocycles. The fraction of sp³-hybridized carbons (Fsp3) is 0.364. The molecule has 2 N–H and O–H groups in total. The minimum absolute atomic E-state index is 0.0753. The van der Waals surface area contributed by atoms with E-state index < -0.39 is 10.0 Å². The Balaban J connectivity index is 2.04. The van der Waals surface area contributed by atoms with E-state index in [0.29, 0.717) is 12.2 Å². The summed E-state index contributed by atoms with van der Waals surface area (Å²) >= 11 is 0. The highest BCUT2D eigenvalue weighted by molar-refractivity contribution is 7.89. The van der Waals surface area contributed by atoms with Gasteiger partial charge in [0.15, 0.2) is 5.03 Å². The van der Waals surface area contributed by atoms with E-state index in [9.17, 15) is 8.42 Å². The fourth-order valence-corrected chi connectivity index (χ4v) is 2.85. The Morgan fingerprint density at radius 2 is 2.33 bits per heavy atom. The molecule has 1 unspecified atom stereocenters. The number of nitrogens with one attached hydrogen (secondary N) is 2. The maximum absolute atomic E-state index is 12.0. The van der Waals surface area contributed by atoms with E-state index in [2.05, 4.69) is 14.7 Å². The molecule has 0 saturated heterocycles. The second-order valence-electron chi connectivity index (χ2n) is 4.14. The molecule has 1 atom stereocenters. The van der Waals surface area contributed by atoms with Gasteiger partial charge in [-0.15, -0.1) is 0 Å². The number of hydrogen-bond acceptors (Lipinski definition) is 4. The number of imidazole rings is 1. The van der Waals surface area contributed by atoms with Crippen molar-refractivity contribution in [2.45, 2.75) is 31.3 Å². The van der Waals surface area contributed by atoms with Gasteiger partial charge in [0.1, 0.15) is 11.6 Å². The zero-order chi connectivity index (χ0) is 13.2. The van der Waals surface area contributed by atoms with Crippen molar-refractivity contribution in [2.24, 2.45) is 0 Å². The molecule has 0 amide bonds. The maximum atomic E-state index is 12.0. The molecule has 0 saturated carbocycles. The Morgan fingerprint density at radius 3 is 2.89 bits per heavy atom. The number of rotatable bonds is 5. The summed E-state index contributed by atoms with van der Waals surface area (Å²) in [5.41, 5.74) is 0. The van der Waals surface area contributed by atoms with Gasteiger partial charge < -0.3 is 9.40 Å². The first kappa shape index (κ1) is 12.8. The number of furan rings is 1. The number of H-pyrrole nitrogens is 1. The van der Waals surface area contributed by atoms with Crippen molar-refractivity contribution in [2.75, 3.05) is 0 Å². The van der Waals surface area contributed by atoms with Crippen LogP contribution in [0.5, 0.6) is 0 Å². The second-order valence-corrected chi connectivity index (χ2v) is 5.82. The van der Waals surface area contributed by atoms with Crippen LogP contribution in [-0.2, 0) is 16.4 Å². The van der Waals surface area contributed by atoms with Crippen molar-refractivity contribution in [3.8, 4) is 0 Å². The molecule has 0 radical (unpaired) electrons. The van der Waals surface area contributed by atoms with Crippen molar-refractivity contribution in [1.82, 2.24) is 14.7 Å². The summed E-state index contributed by atoms with van der Waals surface area (Å²) in [6, 6.07) is 3.32. The third kappa shape index (κ3) is 2.99. The first-order valence-corrected chi connectivity index (χ1v) is 7.02. The molecule has 0 fully saturated rings. The van der Waals surface area contributed by atoms with Crippen LogP contribution in [0.4, 0.5) is 0 Å². The summed E-state index contributed by atoms with van der Waals surface area (Å²) in [6.45, 7) is 3.48. The van der Waals surface area contributed by atoms with Crippen LogP contribution in [-0.4, -0.2) is 24.4 Å². The molecule has 2 aromatic heterocycles. The summed E-state index contributed by atoms with van der Waals surface area (Å²) in [7, 11) is -3.55. The van der Waals surface area contributed by atoms with Gasteiger partial charge in [0.05, 0.1) is 12.5 Å². The molecule has 6 nitrogen and oxygen atoms in total. The van der Waals surface area contributed by atoms with E-state index in [0.717, 1.165) is 5.76 Å². The number of nitrogens with zero attached hydrogens (tertiary/aromatic N) is 1. The lowest BCUT2D eigenvalue weighted by atomic mass is 10.2. The van der Waals surface area contributed by atoms with Crippen molar-refractivity contribution >= 4 is 10.0 Å². The van der Waals surface area contributed by atoms with E-state index in [1.54, 1.807) is 26.2 Å². The lowest BCUT2D eigenvalue weighted by Gasteiger charge is -2.11. The zero-order valence-corrected chi connectivity index (χ0v) is 11.0. The quantitative estimate of drug-likeness (QED) is 0.854. The largest absolute Gasteiger partial charge is 0.469 e. The van der Waals surface area contributed by atoms with Crippen LogP contribution in [0.25, 0.3) is 0 Å². The molecule has 2 rings (SSSR count). The lowest BCUT2D eigenvalue weighted by molar-refractivity contribution is 0.478. The highest BCUT2D eigenvalue weighted by Gasteiger charge is 2.19. The molecule has 7 heteroatoms. The highest BCUT2D eigenvalue weighted by Crippen LogP contribution is 2.09. The first-order chi connectivity index (χ1) is 8.47. The summed E-state index contributed by atoms with van der Waals surface area (Å²) in [5, 5.41) is 0.0753. The number of aryl methyl sites for hydroxylation is 1. The van der Waals surface area contributed by atoms with Gasteiger partial charge >= 0.3 is 0 Å². The van der Waals surface area contributed by atoms with E-state index >= 15 is 0 Å². The maximum Gasteiger partial charge on any atom is 0.257 e. The van der Waals surface area contributed by atoms with Crippen molar-refractivity contribution in [3.05, 3.63) is 36.2 Å². The zero-order valence-electron chi connectivity index (χ0n) is 10.2. The van der Waals surface area contributed by atoms with Gasteiger partial charge in [-0.25, -0.2) is 18.1 Å². The summed E-state index contributed by atoms with van der Waals surface area (Å²) < 4.78 is 31.7. The van der Waals surface area contributed by atoms with Crippen molar-refractivity contribution < 1.29 is 12.8 Å². The number of aromatic amines is 1. The van der Waals surface area contributed by atoms with E-state index in [1.165, 1.54) is 6.20 Å². The molecule has 2 heterocycles. The molecule has 2 aromatic rings. The molecular formula is C11H15N3O3S. The van der Waals surface area contributed by atoms with Gasteiger partial charge in [-0.1, -0.05) is 0 Å². The average Bonchev–Trinajstić information content (AvgIpc) is 2.88. The van der Waals surface area contributed by atoms with Crippen LogP contribution in [0.3, 0.4) is 0 Å². The fourth-order valence-electron chi connectivity index (χ4n) is 1.64. The standard InChI is InChI=1S/C11H15N3O3S/c1-8(6-10-4-3-5-17-10)14-18(15,16)11-7-12-9(2)13-11/h3-5,7-8,14H,6H2,1-2H3,(H,12,13). The summed E-state index contributed by atoms with van der Waals surface area (Å²) in [6.07, 6.45) is 3.37. The minimum atomic E-state index is -3.55. The molecule has 0 spiro atoms. The predicted octanol–water partition coefficient (Wildman–Crippen LogP) is 1.22. The third-order valence-electron chi connectivity index (χ3n) is 2.41. The Bertz CT molecular complexity index is 601. The van der Waals surface area contributed by atoms with Crippen LogP contribution in [0.2, 0.25) is 0 Å². The van der Waals surface area contributed by atoms with Gasteiger partial charge in [-0.2, -0.15) is 0 Å². The SMILES string of the molecule is Cc1ncc(S(=O)(=O)NC(C)Cc2ccco2)[nH]1. The van der Waals surface area contributed by atoms with Crippen LogP contribution < -0.4 is 4.72 Å². The topological polar surface area (TPSA) is 88.0 Å². The van der Waals surface area contributed by atoms with Gasteiger partial charge in [0.25, 0.3) is 10.0 Å². The van der Waals surface area contributed by atoms with Crippen LogP contribution in [0.15, 0.2) is 34.0 Å². The number of aromatic nitrogens is 2. The normalized spacial score (nSPS) is 13.7. The van der Waals surface area contributed by atoms with Gasteiger partial charge in [-0.3, -0.25) is 0 Å². The molecule has 0 aliphatic rings. The Morgan fingerprint density at radius 1 is 1.56 bits per heavy atom. The monoisotopic (exact) mass is 269 g/mol. The van der Waals surface area contributed by atoms with Crippen molar-refractivity contribution in [1.29, 1.82) is 0 Å². The predicted molar refractivity (Wildman–Crippen MR) is 65.5 cm³/mol. The van der Waals surface area contributed by atoms with Crippen LogP contribution in [0.1, 0.15) is 18.5 Å². The van der Waals surface area contributed by atoms with Gasteiger partial charge in [0, 0.05) is 12.5 Å². The van der Waals surface area contributed by atoms with E-state index in [1.807, 2.05) is 6.07 Å². The Hall–Kier alpha value is -1.60. The lowest BCUT2D eigenvalue weighted by Crippen LogP contribution is -2.34. The second kappa shape index (κ2) is 4.95. The molecule has 98 valence electrons. The molecule has 0 bridgehead atoms. The van der Waals surface area contributed by atoms with E-state index in [4.69, 9.17) is 4.42 Å². The Labute approximate surface area is 105 Å². The molecule has 0 aromatic carbocycles. The van der Waals surface area contributed by atoms with Crippen LogP contribution in [0, 0.1) is 6.92 Å². The minimum Gasteiger partial charge on any atom is -0.469 e. The Kier molecular flexibility index (Phi) is 3.53. The average molecular weight is 269 g/mol. The van der Waals surface area contributed by atoms with Gasteiger partial charge in [-0.05, 0) is 26.0 Å². The molecule has 18 heavy (non-hydrogen) atoms. The third-order valence-corrected chi connectivity index (χ3v) is 3.91. The van der Waals surface area contributed by atoms with E-state index in [-0.39, 0.29) is 11.1 Å². The number of sulfonamides is 1. The van der Waals surface area contributed by atoms with Crippen LogP contribution >= 0.6 is 0 Å².